The van der Waals surface area contributed by atoms with E-state index in [0.717, 1.165) is 6.04 Å². The molecule has 0 aromatic rings. The summed E-state index contributed by atoms with van der Waals surface area (Å²) in [7, 11) is 2.22. The van der Waals surface area contributed by atoms with Crippen LogP contribution in [0.4, 0.5) is 0 Å². The Labute approximate surface area is 70.2 Å². The fourth-order valence-electron chi connectivity index (χ4n) is 1.50. The first-order valence-corrected chi connectivity index (χ1v) is 4.89. The van der Waals surface area contributed by atoms with Crippen molar-refractivity contribution in [2.45, 2.75) is 32.2 Å². The van der Waals surface area contributed by atoms with Gasteiger partial charge >= 0.3 is 0 Å². The monoisotopic (exact) mass is 161 g/mol. The summed E-state index contributed by atoms with van der Waals surface area (Å²) in [4.78, 5) is 2.46. The van der Waals surface area contributed by atoms with Crippen LogP contribution in [0, 0.1) is 0 Å². The van der Waals surface area contributed by atoms with Gasteiger partial charge in [0.1, 0.15) is 0 Å². The summed E-state index contributed by atoms with van der Waals surface area (Å²) in [6, 6.07) is 0.898. The minimum Gasteiger partial charge on any atom is -0.303 e. The second kappa shape index (κ2) is 6.05. The van der Waals surface area contributed by atoms with Crippen LogP contribution >= 0.6 is 12.6 Å². The first kappa shape index (κ1) is 10.3. The Morgan fingerprint density at radius 2 is 2.10 bits per heavy atom. The summed E-state index contributed by atoms with van der Waals surface area (Å²) >= 11 is 3.53. The van der Waals surface area contributed by atoms with Gasteiger partial charge < -0.3 is 4.90 Å². The number of rotatable bonds is 1. The zero-order valence-corrected chi connectivity index (χ0v) is 8.19. The zero-order valence-electron chi connectivity index (χ0n) is 7.30. The van der Waals surface area contributed by atoms with Gasteiger partial charge in [0, 0.05) is 6.04 Å². The van der Waals surface area contributed by atoms with Crippen molar-refractivity contribution >= 4 is 12.6 Å². The van der Waals surface area contributed by atoms with E-state index in [9.17, 15) is 0 Å². The predicted molar refractivity (Wildman–Crippen MR) is 50.9 cm³/mol. The van der Waals surface area contributed by atoms with Gasteiger partial charge in [-0.05, 0) is 39.1 Å². The lowest BCUT2D eigenvalue weighted by atomic mass is 10.2. The van der Waals surface area contributed by atoms with E-state index >= 15 is 0 Å². The molecular weight excluding hydrogens is 142 g/mol. The normalized spacial score (nSPS) is 25.8. The highest BCUT2D eigenvalue weighted by molar-refractivity contribution is 7.79. The molecule has 1 fully saturated rings. The highest BCUT2D eigenvalue weighted by Crippen LogP contribution is 2.16. The third kappa shape index (κ3) is 2.93. The van der Waals surface area contributed by atoms with Gasteiger partial charge in [-0.25, -0.2) is 0 Å². The fraction of sp³-hybridized carbons (Fsp3) is 1.00. The van der Waals surface area contributed by atoms with Crippen molar-refractivity contribution in [2.75, 3.05) is 19.8 Å². The highest BCUT2D eigenvalue weighted by Gasteiger charge is 2.17. The third-order valence-electron chi connectivity index (χ3n) is 2.14. The molecule has 1 aliphatic heterocycles. The average molecular weight is 161 g/mol. The van der Waals surface area contributed by atoms with E-state index in [4.69, 9.17) is 0 Å². The van der Waals surface area contributed by atoms with E-state index in [1.54, 1.807) is 6.26 Å². The Balaban J connectivity index is 0.000000371. The Kier molecular flexibility index (Phi) is 6.24. The molecule has 0 aliphatic carbocycles. The topological polar surface area (TPSA) is 3.24 Å². The van der Waals surface area contributed by atoms with Crippen molar-refractivity contribution < 1.29 is 0 Å². The number of thiol groups is 1. The van der Waals surface area contributed by atoms with Crippen LogP contribution in [-0.4, -0.2) is 30.8 Å². The van der Waals surface area contributed by atoms with Crippen molar-refractivity contribution in [3.05, 3.63) is 0 Å². The summed E-state index contributed by atoms with van der Waals surface area (Å²) in [6.07, 6.45) is 5.86. The highest BCUT2D eigenvalue weighted by atomic mass is 32.1. The molecule has 0 spiro atoms. The van der Waals surface area contributed by atoms with Crippen molar-refractivity contribution in [1.82, 2.24) is 4.90 Å². The van der Waals surface area contributed by atoms with Gasteiger partial charge in [0.25, 0.3) is 0 Å². The van der Waals surface area contributed by atoms with E-state index in [1.807, 2.05) is 0 Å². The number of hydrogen-bond donors (Lipinski definition) is 1. The molecule has 1 unspecified atom stereocenters. The minimum absolute atomic E-state index is 0.898. The summed E-state index contributed by atoms with van der Waals surface area (Å²) in [5, 5.41) is 0. The lowest BCUT2D eigenvalue weighted by molar-refractivity contribution is 0.304. The van der Waals surface area contributed by atoms with E-state index in [-0.39, 0.29) is 0 Å². The van der Waals surface area contributed by atoms with Gasteiger partial charge in [-0.15, -0.1) is 0 Å². The van der Waals surface area contributed by atoms with E-state index in [1.165, 1.54) is 25.8 Å². The zero-order chi connectivity index (χ0) is 7.98. The predicted octanol–water partition coefficient (Wildman–Crippen LogP) is 2.04. The lowest BCUT2D eigenvalue weighted by Crippen LogP contribution is -2.23. The smallest absolute Gasteiger partial charge is 0.00900 e. The Bertz CT molecular complexity index is 75.7. The van der Waals surface area contributed by atoms with Gasteiger partial charge in [0.15, 0.2) is 0 Å². The number of nitrogens with zero attached hydrogens (tertiary/aromatic N) is 1. The molecule has 1 atom stereocenters. The standard InChI is InChI=1S/C7H15N.CH4S/c1-3-7-5-4-6-8(7)2;1-2/h7H,3-6H2,1-2H3;2H,1H3. The number of likely N-dealkylation sites (tertiary alicyclic amines) is 1. The minimum atomic E-state index is 0.898. The fourth-order valence-corrected chi connectivity index (χ4v) is 1.50. The third-order valence-corrected chi connectivity index (χ3v) is 2.14. The summed E-state index contributed by atoms with van der Waals surface area (Å²) in [5.41, 5.74) is 0. The van der Waals surface area contributed by atoms with Crippen molar-refractivity contribution in [3.8, 4) is 0 Å². The first-order chi connectivity index (χ1) is 4.84. The molecule has 0 aromatic carbocycles. The molecular formula is C8H19NS. The molecule has 0 saturated carbocycles. The van der Waals surface area contributed by atoms with Crippen LogP contribution in [0.3, 0.4) is 0 Å². The van der Waals surface area contributed by atoms with Crippen LogP contribution in [0.1, 0.15) is 26.2 Å². The second-order valence-electron chi connectivity index (χ2n) is 2.68. The molecule has 1 saturated heterocycles. The Hall–Kier alpha value is 0.310. The molecule has 1 aliphatic rings. The molecule has 0 N–H and O–H groups in total. The molecule has 0 bridgehead atoms. The maximum Gasteiger partial charge on any atom is 0.00900 e. The SMILES string of the molecule is CCC1CCCN1C.CS. The molecule has 1 nitrogen and oxygen atoms in total. The molecule has 0 aromatic heterocycles. The Morgan fingerprint density at radius 1 is 1.50 bits per heavy atom. The molecule has 1 heterocycles. The van der Waals surface area contributed by atoms with Crippen LogP contribution in [0.25, 0.3) is 0 Å². The van der Waals surface area contributed by atoms with Gasteiger partial charge in [0.05, 0.1) is 0 Å². The van der Waals surface area contributed by atoms with Gasteiger partial charge in [-0.3, -0.25) is 0 Å². The summed E-state index contributed by atoms with van der Waals surface area (Å²) in [5.74, 6) is 0. The Morgan fingerprint density at radius 3 is 2.30 bits per heavy atom. The molecule has 1 rings (SSSR count). The van der Waals surface area contributed by atoms with Gasteiger partial charge in [-0.1, -0.05) is 6.92 Å². The largest absolute Gasteiger partial charge is 0.303 e. The first-order valence-electron chi connectivity index (χ1n) is 3.99. The quantitative estimate of drug-likeness (QED) is 0.576. The van der Waals surface area contributed by atoms with E-state index in [2.05, 4.69) is 31.5 Å². The summed E-state index contributed by atoms with van der Waals surface area (Å²) < 4.78 is 0. The second-order valence-corrected chi connectivity index (χ2v) is 2.68. The van der Waals surface area contributed by atoms with Crippen molar-refractivity contribution in [2.24, 2.45) is 0 Å². The molecule has 10 heavy (non-hydrogen) atoms. The maximum atomic E-state index is 3.53. The molecule has 2 heteroatoms. The van der Waals surface area contributed by atoms with Crippen LogP contribution in [0.15, 0.2) is 0 Å². The number of hydrogen-bond acceptors (Lipinski definition) is 2. The van der Waals surface area contributed by atoms with Crippen LogP contribution in [0.5, 0.6) is 0 Å². The molecule has 0 radical (unpaired) electrons. The molecule has 62 valence electrons. The summed E-state index contributed by atoms with van der Waals surface area (Å²) in [6.45, 7) is 3.59. The van der Waals surface area contributed by atoms with Crippen LogP contribution < -0.4 is 0 Å². The maximum absolute atomic E-state index is 3.53. The lowest BCUT2D eigenvalue weighted by Gasteiger charge is -2.16. The van der Waals surface area contributed by atoms with Crippen molar-refractivity contribution in [3.63, 3.8) is 0 Å². The van der Waals surface area contributed by atoms with Gasteiger partial charge in [-0.2, -0.15) is 12.6 Å². The molecule has 0 amide bonds. The van der Waals surface area contributed by atoms with Crippen molar-refractivity contribution in [1.29, 1.82) is 0 Å². The van der Waals surface area contributed by atoms with Gasteiger partial charge in [0.2, 0.25) is 0 Å². The van der Waals surface area contributed by atoms with E-state index < -0.39 is 0 Å². The van der Waals surface area contributed by atoms with Crippen LogP contribution in [-0.2, 0) is 0 Å². The van der Waals surface area contributed by atoms with E-state index in [0.29, 0.717) is 0 Å². The van der Waals surface area contributed by atoms with Crippen LogP contribution in [0.2, 0.25) is 0 Å². The average Bonchev–Trinajstić information content (AvgIpc) is 2.39.